The van der Waals surface area contributed by atoms with Crippen LogP contribution in [0.15, 0.2) is 36.5 Å². The molecule has 1 aromatic heterocycles. The normalized spacial score (nSPS) is 10.2. The second-order valence-corrected chi connectivity index (χ2v) is 4.87. The van der Waals surface area contributed by atoms with Crippen LogP contribution in [-0.2, 0) is 11.2 Å². The lowest BCUT2D eigenvalue weighted by Crippen LogP contribution is -2.15. The number of hydrogen-bond acceptors (Lipinski definition) is 3. The summed E-state index contributed by atoms with van der Waals surface area (Å²) in [6.45, 7) is 0. The van der Waals surface area contributed by atoms with Crippen LogP contribution in [0, 0.1) is 0 Å². The predicted octanol–water partition coefficient (Wildman–Crippen LogP) is 3.58. The molecular weight excluding hydrogens is 299 g/mol. The standard InChI is InChI=1S/C14H12Cl2N2O2/c1-20-12-3-2-10(15)6-9(12)7-14(19)18-11-4-5-17-13(16)8-11/h2-6,8H,7H2,1H3,(H,17,18,19). The van der Waals surface area contributed by atoms with E-state index in [-0.39, 0.29) is 12.3 Å². The lowest BCUT2D eigenvalue weighted by atomic mass is 10.1. The number of benzene rings is 1. The van der Waals surface area contributed by atoms with Crippen LogP contribution in [0.4, 0.5) is 5.69 Å². The molecule has 0 aliphatic heterocycles. The van der Waals surface area contributed by atoms with Gasteiger partial charge in [0.1, 0.15) is 10.9 Å². The number of halogens is 2. The number of nitrogens with one attached hydrogen (secondary N) is 1. The number of carbonyl (C=O) groups is 1. The Hall–Kier alpha value is -1.78. The van der Waals surface area contributed by atoms with Crippen LogP contribution in [0.2, 0.25) is 10.2 Å². The molecule has 1 amide bonds. The van der Waals surface area contributed by atoms with Gasteiger partial charge in [-0.15, -0.1) is 0 Å². The van der Waals surface area contributed by atoms with Crippen LogP contribution in [-0.4, -0.2) is 18.0 Å². The second kappa shape index (κ2) is 6.59. The molecule has 1 aromatic carbocycles. The van der Waals surface area contributed by atoms with Crippen molar-refractivity contribution in [1.29, 1.82) is 0 Å². The Morgan fingerprint density at radius 1 is 1.30 bits per heavy atom. The number of carbonyl (C=O) groups excluding carboxylic acids is 1. The average molecular weight is 311 g/mol. The van der Waals surface area contributed by atoms with Gasteiger partial charge < -0.3 is 10.1 Å². The fraction of sp³-hybridized carbons (Fsp3) is 0.143. The summed E-state index contributed by atoms with van der Waals surface area (Å²) < 4.78 is 5.20. The Bertz CT molecular complexity index is 632. The molecule has 104 valence electrons. The monoisotopic (exact) mass is 310 g/mol. The van der Waals surface area contributed by atoms with Crippen molar-refractivity contribution in [3.05, 3.63) is 52.3 Å². The molecule has 0 radical (unpaired) electrons. The molecule has 0 spiro atoms. The highest BCUT2D eigenvalue weighted by atomic mass is 35.5. The van der Waals surface area contributed by atoms with Gasteiger partial charge in [-0.2, -0.15) is 0 Å². The zero-order chi connectivity index (χ0) is 14.5. The number of aromatic nitrogens is 1. The van der Waals surface area contributed by atoms with Gasteiger partial charge in [0.15, 0.2) is 0 Å². The number of rotatable bonds is 4. The minimum atomic E-state index is -0.187. The first-order chi connectivity index (χ1) is 9.58. The summed E-state index contributed by atoms with van der Waals surface area (Å²) in [5.41, 5.74) is 1.31. The van der Waals surface area contributed by atoms with Crippen LogP contribution >= 0.6 is 23.2 Å². The van der Waals surface area contributed by atoms with E-state index in [0.717, 1.165) is 5.56 Å². The van der Waals surface area contributed by atoms with Crippen LogP contribution in [0.1, 0.15) is 5.56 Å². The van der Waals surface area contributed by atoms with Crippen LogP contribution in [0.5, 0.6) is 5.75 Å². The maximum Gasteiger partial charge on any atom is 0.228 e. The first kappa shape index (κ1) is 14.6. The van der Waals surface area contributed by atoms with Crippen molar-refractivity contribution in [1.82, 2.24) is 4.98 Å². The highest BCUT2D eigenvalue weighted by Gasteiger charge is 2.10. The number of anilines is 1. The minimum Gasteiger partial charge on any atom is -0.496 e. The van der Waals surface area contributed by atoms with E-state index in [4.69, 9.17) is 27.9 Å². The van der Waals surface area contributed by atoms with Gasteiger partial charge in [0.05, 0.1) is 13.5 Å². The van der Waals surface area contributed by atoms with Crippen LogP contribution < -0.4 is 10.1 Å². The third kappa shape index (κ3) is 3.85. The van der Waals surface area contributed by atoms with E-state index in [1.54, 1.807) is 37.4 Å². The van der Waals surface area contributed by atoms with Gasteiger partial charge in [0.25, 0.3) is 0 Å². The topological polar surface area (TPSA) is 51.2 Å². The summed E-state index contributed by atoms with van der Waals surface area (Å²) in [6.07, 6.45) is 1.68. The van der Waals surface area contributed by atoms with Gasteiger partial charge in [-0.1, -0.05) is 23.2 Å². The fourth-order valence-corrected chi connectivity index (χ4v) is 2.11. The van der Waals surface area contributed by atoms with Gasteiger partial charge >= 0.3 is 0 Å². The largest absolute Gasteiger partial charge is 0.496 e. The zero-order valence-electron chi connectivity index (χ0n) is 10.7. The van der Waals surface area contributed by atoms with Crippen molar-refractivity contribution in [3.8, 4) is 5.75 Å². The number of amides is 1. The van der Waals surface area contributed by atoms with Crippen LogP contribution in [0.3, 0.4) is 0 Å². The highest BCUT2D eigenvalue weighted by Crippen LogP contribution is 2.23. The molecule has 0 fully saturated rings. The van der Waals surface area contributed by atoms with Crippen LogP contribution in [0.25, 0.3) is 0 Å². The Balaban J connectivity index is 2.10. The van der Waals surface area contributed by atoms with Gasteiger partial charge in [0, 0.05) is 22.5 Å². The van der Waals surface area contributed by atoms with Crippen molar-refractivity contribution in [2.24, 2.45) is 0 Å². The Morgan fingerprint density at radius 2 is 2.10 bits per heavy atom. The SMILES string of the molecule is COc1ccc(Cl)cc1CC(=O)Nc1ccnc(Cl)c1. The van der Waals surface area contributed by atoms with E-state index in [1.807, 2.05) is 0 Å². The molecular formula is C14H12Cl2N2O2. The molecule has 0 saturated carbocycles. The summed E-state index contributed by atoms with van der Waals surface area (Å²) in [7, 11) is 1.55. The molecule has 2 rings (SSSR count). The average Bonchev–Trinajstić information content (AvgIpc) is 2.38. The molecule has 1 N–H and O–H groups in total. The lowest BCUT2D eigenvalue weighted by molar-refractivity contribution is -0.115. The molecule has 0 atom stereocenters. The molecule has 0 saturated heterocycles. The van der Waals surface area contributed by atoms with E-state index in [0.29, 0.717) is 21.6 Å². The molecule has 2 aromatic rings. The predicted molar refractivity (Wildman–Crippen MR) is 79.6 cm³/mol. The Labute approximate surface area is 126 Å². The van der Waals surface area contributed by atoms with Gasteiger partial charge in [0.2, 0.25) is 5.91 Å². The fourth-order valence-electron chi connectivity index (χ4n) is 1.74. The first-order valence-electron chi connectivity index (χ1n) is 5.82. The number of pyridine rings is 1. The van der Waals surface area contributed by atoms with E-state index in [9.17, 15) is 4.79 Å². The second-order valence-electron chi connectivity index (χ2n) is 4.05. The van der Waals surface area contributed by atoms with Crippen molar-refractivity contribution in [3.63, 3.8) is 0 Å². The van der Waals surface area contributed by atoms with Gasteiger partial charge in [-0.25, -0.2) is 4.98 Å². The molecule has 6 heteroatoms. The molecule has 0 aliphatic rings. The molecule has 0 unspecified atom stereocenters. The number of hydrogen-bond donors (Lipinski definition) is 1. The third-order valence-corrected chi connectivity index (χ3v) is 3.05. The summed E-state index contributed by atoms with van der Waals surface area (Å²) in [5.74, 6) is 0.435. The number of nitrogens with zero attached hydrogens (tertiary/aromatic N) is 1. The molecule has 20 heavy (non-hydrogen) atoms. The maximum absolute atomic E-state index is 12.0. The first-order valence-corrected chi connectivity index (χ1v) is 6.58. The van der Waals surface area contributed by atoms with Gasteiger partial charge in [-0.05, 0) is 30.3 Å². The Morgan fingerprint density at radius 3 is 2.80 bits per heavy atom. The summed E-state index contributed by atoms with van der Waals surface area (Å²) in [4.78, 5) is 15.8. The molecule has 0 aliphatic carbocycles. The quantitative estimate of drug-likeness (QED) is 0.878. The number of ether oxygens (including phenoxy) is 1. The zero-order valence-corrected chi connectivity index (χ0v) is 12.2. The van der Waals surface area contributed by atoms with E-state index < -0.39 is 0 Å². The minimum absolute atomic E-state index is 0.156. The lowest BCUT2D eigenvalue weighted by Gasteiger charge is -2.09. The summed E-state index contributed by atoms with van der Waals surface area (Å²) >= 11 is 11.7. The highest BCUT2D eigenvalue weighted by molar-refractivity contribution is 6.30. The van der Waals surface area contributed by atoms with E-state index in [2.05, 4.69) is 10.3 Å². The molecule has 4 nitrogen and oxygen atoms in total. The third-order valence-electron chi connectivity index (χ3n) is 2.60. The summed E-state index contributed by atoms with van der Waals surface area (Å²) in [6, 6.07) is 8.39. The smallest absolute Gasteiger partial charge is 0.228 e. The number of methoxy groups -OCH3 is 1. The van der Waals surface area contributed by atoms with Gasteiger partial charge in [-0.3, -0.25) is 4.79 Å². The van der Waals surface area contributed by atoms with Crippen molar-refractivity contribution >= 4 is 34.8 Å². The Kier molecular flexibility index (Phi) is 4.82. The maximum atomic E-state index is 12.0. The van der Waals surface area contributed by atoms with Crippen molar-refractivity contribution < 1.29 is 9.53 Å². The molecule has 1 heterocycles. The summed E-state index contributed by atoms with van der Waals surface area (Å²) in [5, 5.41) is 3.62. The van der Waals surface area contributed by atoms with Crippen molar-refractivity contribution in [2.75, 3.05) is 12.4 Å². The molecule has 0 bridgehead atoms. The van der Waals surface area contributed by atoms with E-state index >= 15 is 0 Å². The van der Waals surface area contributed by atoms with Crippen molar-refractivity contribution in [2.45, 2.75) is 6.42 Å². The van der Waals surface area contributed by atoms with E-state index in [1.165, 1.54) is 6.20 Å².